The average molecular weight is 393 g/mol. The van der Waals surface area contributed by atoms with Gasteiger partial charge in [-0.15, -0.1) is 0 Å². The fourth-order valence-corrected chi connectivity index (χ4v) is 3.49. The quantitative estimate of drug-likeness (QED) is 0.561. The highest BCUT2D eigenvalue weighted by Crippen LogP contribution is 2.27. The van der Waals surface area contributed by atoms with E-state index in [0.717, 1.165) is 0 Å². The van der Waals surface area contributed by atoms with Gasteiger partial charge in [0.05, 0.1) is 22.6 Å². The molecule has 0 aromatic heterocycles. The molecule has 0 unspecified atom stereocenters. The van der Waals surface area contributed by atoms with E-state index < -0.39 is 22.0 Å². The van der Waals surface area contributed by atoms with Crippen LogP contribution in [-0.4, -0.2) is 46.7 Å². The number of amides is 1. The van der Waals surface area contributed by atoms with Gasteiger partial charge in [0.25, 0.3) is 0 Å². The molecular formula is C16H25ClN2O5S. The van der Waals surface area contributed by atoms with Crippen LogP contribution in [-0.2, 0) is 19.6 Å². The van der Waals surface area contributed by atoms with Crippen molar-refractivity contribution >= 4 is 27.5 Å². The molecule has 2 N–H and O–H groups in total. The van der Waals surface area contributed by atoms with E-state index in [1.165, 1.54) is 25.1 Å². The fraction of sp³-hybridized carbons (Fsp3) is 0.562. The molecule has 9 heteroatoms. The van der Waals surface area contributed by atoms with Gasteiger partial charge < -0.3 is 14.8 Å². The van der Waals surface area contributed by atoms with E-state index >= 15 is 0 Å². The maximum absolute atomic E-state index is 12.4. The Balaban J connectivity index is 2.64. The Bertz CT molecular complexity index is 666. The Morgan fingerprint density at radius 3 is 2.60 bits per heavy atom. The summed E-state index contributed by atoms with van der Waals surface area (Å²) in [6.45, 7) is 7.17. The summed E-state index contributed by atoms with van der Waals surface area (Å²) >= 11 is 6.02. The summed E-state index contributed by atoms with van der Waals surface area (Å²) in [5, 5.41) is 2.85. The lowest BCUT2D eigenvalue weighted by atomic mass is 10.3. The van der Waals surface area contributed by atoms with Crippen molar-refractivity contribution in [3.63, 3.8) is 0 Å². The first-order valence-corrected chi connectivity index (χ1v) is 9.98. The zero-order chi connectivity index (χ0) is 18.9. The normalized spacial score (nSPS) is 12.6. The molecule has 0 aliphatic heterocycles. The molecule has 1 aromatic carbocycles. The number of carbonyl (C=O) groups is 1. The molecule has 0 bridgehead atoms. The van der Waals surface area contributed by atoms with E-state index in [1.54, 1.807) is 6.92 Å². The average Bonchev–Trinajstić information content (AvgIpc) is 2.56. The van der Waals surface area contributed by atoms with Gasteiger partial charge in [-0.25, -0.2) is 8.42 Å². The zero-order valence-corrected chi connectivity index (χ0v) is 16.2. The summed E-state index contributed by atoms with van der Waals surface area (Å²) in [4.78, 5) is 11.9. The number of halogens is 1. The van der Waals surface area contributed by atoms with Crippen LogP contribution in [0.15, 0.2) is 23.1 Å². The minimum absolute atomic E-state index is 0.0306. The summed E-state index contributed by atoms with van der Waals surface area (Å²) in [6, 6.07) is 3.24. The summed E-state index contributed by atoms with van der Waals surface area (Å²) in [7, 11) is -3.87. The lowest BCUT2D eigenvalue weighted by molar-refractivity contribution is -0.122. The van der Waals surface area contributed by atoms with Gasteiger partial charge in [0, 0.05) is 19.8 Å². The van der Waals surface area contributed by atoms with E-state index in [2.05, 4.69) is 10.0 Å². The maximum atomic E-state index is 12.4. The fourth-order valence-electron chi connectivity index (χ4n) is 1.96. The van der Waals surface area contributed by atoms with Crippen LogP contribution in [0.2, 0.25) is 5.02 Å². The van der Waals surface area contributed by atoms with Crippen LogP contribution in [0, 0.1) is 0 Å². The number of nitrogens with one attached hydrogen (secondary N) is 2. The number of sulfonamides is 1. The third-order valence-electron chi connectivity index (χ3n) is 3.21. The first-order chi connectivity index (χ1) is 11.8. The van der Waals surface area contributed by atoms with Crippen LogP contribution in [0.1, 0.15) is 27.2 Å². The van der Waals surface area contributed by atoms with Crippen LogP contribution in [0.5, 0.6) is 5.75 Å². The molecule has 0 radical (unpaired) electrons. The van der Waals surface area contributed by atoms with Gasteiger partial charge in [-0.1, -0.05) is 11.6 Å². The summed E-state index contributed by atoms with van der Waals surface area (Å²) in [5.74, 6) is 0.000290. The van der Waals surface area contributed by atoms with Gasteiger partial charge in [-0.2, -0.15) is 4.72 Å². The predicted molar refractivity (Wildman–Crippen MR) is 96.5 cm³/mol. The van der Waals surface area contributed by atoms with Crippen LogP contribution in [0.4, 0.5) is 0 Å². The molecule has 7 nitrogen and oxygen atoms in total. The molecule has 1 amide bonds. The number of hydrogen-bond donors (Lipinski definition) is 2. The number of carbonyl (C=O) groups excluding carboxylic acids is 1. The third kappa shape index (κ3) is 7.19. The van der Waals surface area contributed by atoms with E-state index in [-0.39, 0.29) is 9.92 Å². The molecule has 0 heterocycles. The lowest BCUT2D eigenvalue weighted by Crippen LogP contribution is -2.45. The van der Waals surface area contributed by atoms with Crippen molar-refractivity contribution in [2.45, 2.75) is 38.1 Å². The Morgan fingerprint density at radius 2 is 2.00 bits per heavy atom. The minimum Gasteiger partial charge on any atom is -0.492 e. The van der Waals surface area contributed by atoms with Crippen LogP contribution in [0.25, 0.3) is 0 Å². The molecule has 0 aliphatic rings. The Kier molecular flexibility index (Phi) is 9.20. The van der Waals surface area contributed by atoms with Crippen molar-refractivity contribution in [1.82, 2.24) is 10.0 Å². The van der Waals surface area contributed by atoms with Crippen molar-refractivity contribution in [2.24, 2.45) is 0 Å². The highest BCUT2D eigenvalue weighted by atomic mass is 35.5. The molecule has 1 atom stereocenters. The van der Waals surface area contributed by atoms with Crippen molar-refractivity contribution in [2.75, 3.05) is 26.4 Å². The lowest BCUT2D eigenvalue weighted by Gasteiger charge is -2.15. The van der Waals surface area contributed by atoms with E-state index in [9.17, 15) is 13.2 Å². The SMILES string of the molecule is CCOCCCNC(=O)[C@H](C)NS(=O)(=O)c1ccc(OCC)c(Cl)c1. The van der Waals surface area contributed by atoms with Gasteiger partial charge >= 0.3 is 0 Å². The largest absolute Gasteiger partial charge is 0.492 e. The van der Waals surface area contributed by atoms with Crippen LogP contribution >= 0.6 is 11.6 Å². The van der Waals surface area contributed by atoms with Crippen LogP contribution in [0.3, 0.4) is 0 Å². The summed E-state index contributed by atoms with van der Waals surface area (Å²) in [6.07, 6.45) is 0.660. The van der Waals surface area contributed by atoms with Gasteiger partial charge in [0.2, 0.25) is 15.9 Å². The topological polar surface area (TPSA) is 93.7 Å². The highest BCUT2D eigenvalue weighted by Gasteiger charge is 2.22. The molecule has 0 spiro atoms. The highest BCUT2D eigenvalue weighted by molar-refractivity contribution is 7.89. The summed E-state index contributed by atoms with van der Waals surface area (Å²) in [5.41, 5.74) is 0. The Hall–Kier alpha value is -1.35. The Labute approximate surface area is 154 Å². The monoisotopic (exact) mass is 392 g/mol. The number of ether oxygens (including phenoxy) is 2. The second kappa shape index (κ2) is 10.6. The Morgan fingerprint density at radius 1 is 1.28 bits per heavy atom. The van der Waals surface area contributed by atoms with Gasteiger partial charge in [-0.3, -0.25) is 4.79 Å². The molecule has 0 fully saturated rings. The van der Waals surface area contributed by atoms with Gasteiger partial charge in [0.15, 0.2) is 0 Å². The molecule has 0 saturated heterocycles. The summed E-state index contributed by atoms with van der Waals surface area (Å²) < 4.78 is 37.5. The predicted octanol–water partition coefficient (Wildman–Crippen LogP) is 1.95. The van der Waals surface area contributed by atoms with Crippen molar-refractivity contribution in [3.8, 4) is 5.75 Å². The molecule has 0 aliphatic carbocycles. The minimum atomic E-state index is -3.87. The third-order valence-corrected chi connectivity index (χ3v) is 5.04. The van der Waals surface area contributed by atoms with Gasteiger partial charge in [0.1, 0.15) is 5.75 Å². The smallest absolute Gasteiger partial charge is 0.241 e. The standard InChI is InChI=1S/C16H25ClN2O5S/c1-4-23-10-6-9-18-16(20)12(3)19-25(21,22)13-7-8-15(24-5-2)14(17)11-13/h7-8,11-12,19H,4-6,9-10H2,1-3H3,(H,18,20)/t12-/m0/s1. The van der Waals surface area contributed by atoms with Crippen molar-refractivity contribution < 1.29 is 22.7 Å². The van der Waals surface area contributed by atoms with Crippen molar-refractivity contribution in [3.05, 3.63) is 23.2 Å². The maximum Gasteiger partial charge on any atom is 0.241 e. The molecule has 1 rings (SSSR count). The number of rotatable bonds is 11. The van der Waals surface area contributed by atoms with Crippen LogP contribution < -0.4 is 14.8 Å². The number of benzene rings is 1. The van der Waals surface area contributed by atoms with E-state index in [1.807, 2.05) is 6.92 Å². The van der Waals surface area contributed by atoms with E-state index in [0.29, 0.717) is 38.5 Å². The molecule has 142 valence electrons. The number of hydrogen-bond acceptors (Lipinski definition) is 5. The molecular weight excluding hydrogens is 368 g/mol. The molecule has 25 heavy (non-hydrogen) atoms. The zero-order valence-electron chi connectivity index (χ0n) is 14.7. The second-order valence-corrected chi connectivity index (χ2v) is 7.33. The van der Waals surface area contributed by atoms with Crippen molar-refractivity contribution in [1.29, 1.82) is 0 Å². The molecule has 0 saturated carbocycles. The first kappa shape index (κ1) is 21.7. The van der Waals surface area contributed by atoms with Gasteiger partial charge in [-0.05, 0) is 45.4 Å². The first-order valence-electron chi connectivity index (χ1n) is 8.12. The molecule has 1 aromatic rings. The van der Waals surface area contributed by atoms with E-state index in [4.69, 9.17) is 21.1 Å². The second-order valence-electron chi connectivity index (χ2n) is 5.21.